The number of likely N-dealkylation sites (tertiary alicyclic amines) is 1. The molecule has 0 spiro atoms. The van der Waals surface area contributed by atoms with Crippen LogP contribution in [0.5, 0.6) is 5.75 Å². The molecule has 0 aromatic heterocycles. The molecular weight excluding hydrogens is 699 g/mol. The number of thioether (sulfide) groups is 1. The Bertz CT molecular complexity index is 1370. The fraction of sp³-hybridized carbons (Fsp3) is 0.571. The molecule has 2 rings (SSSR count). The number of Topliss-reactive ketones (excluding diaryl/α,β-unsaturated/α-hetero) is 3. The van der Waals surface area contributed by atoms with E-state index in [0.29, 0.717) is 51.0 Å². The van der Waals surface area contributed by atoms with Crippen LogP contribution in [0.3, 0.4) is 0 Å². The number of nitrogens with zero attached hydrogens (tertiary/aromatic N) is 4. The number of hydrogen-bond acceptors (Lipinski definition) is 13. The van der Waals surface area contributed by atoms with E-state index in [4.69, 9.17) is 8.85 Å². The van der Waals surface area contributed by atoms with E-state index in [1.54, 1.807) is 7.05 Å². The normalized spacial score (nSPS) is 15.0. The maximum Gasteiger partial charge on any atom is 0.289 e. The van der Waals surface area contributed by atoms with Crippen LogP contribution < -0.4 is 10.1 Å². The van der Waals surface area contributed by atoms with Crippen molar-refractivity contribution in [1.29, 1.82) is 0 Å². The van der Waals surface area contributed by atoms with Gasteiger partial charge in [-0.15, -0.1) is 0 Å². The van der Waals surface area contributed by atoms with E-state index in [2.05, 4.69) is 20.3 Å². The first-order valence-electron chi connectivity index (χ1n) is 18.0. The lowest BCUT2D eigenvalue weighted by Gasteiger charge is -2.14. The lowest BCUT2D eigenvalue weighted by Crippen LogP contribution is -2.32. The highest BCUT2D eigenvalue weighted by atomic mass is 33.1. The third-order valence-corrected chi connectivity index (χ3v) is 10.0. The summed E-state index contributed by atoms with van der Waals surface area (Å²) in [5.74, 6) is 1.50. The summed E-state index contributed by atoms with van der Waals surface area (Å²) >= 11 is 1.42. The molecule has 278 valence electrons. The summed E-state index contributed by atoms with van der Waals surface area (Å²) in [6.07, 6.45) is 7.17. The van der Waals surface area contributed by atoms with E-state index < -0.39 is 0 Å². The summed E-state index contributed by atoms with van der Waals surface area (Å²) < 4.78 is 25.9. The van der Waals surface area contributed by atoms with E-state index in [0.717, 1.165) is 66.9 Å². The third-order valence-electron chi connectivity index (χ3n) is 6.93. The Kier molecular flexibility index (Phi) is 24.2. The number of aliphatic imine (C=N–C) groups is 3. The van der Waals surface area contributed by atoms with Crippen molar-refractivity contribution in [3.63, 3.8) is 0 Å². The molecule has 0 bridgehead atoms. The Morgan fingerprint density at radius 3 is 2.24 bits per heavy atom. The van der Waals surface area contributed by atoms with Crippen LogP contribution in [0.2, 0.25) is 0 Å². The molecule has 1 aliphatic heterocycles. The van der Waals surface area contributed by atoms with Crippen LogP contribution in [0.25, 0.3) is 0 Å². The highest BCUT2D eigenvalue weighted by Crippen LogP contribution is 2.24. The summed E-state index contributed by atoms with van der Waals surface area (Å²) in [6.45, 7) is 6.66. The molecule has 50 heavy (non-hydrogen) atoms. The van der Waals surface area contributed by atoms with Crippen LogP contribution in [-0.4, -0.2) is 116 Å². The number of carbonyl (C=O) groups is 6. The quantitative estimate of drug-likeness (QED) is 0.0649. The van der Waals surface area contributed by atoms with Gasteiger partial charge in [0, 0.05) is 76.3 Å². The average molecular weight is 755 g/mol. The number of hydrogen-bond donors (Lipinski definition) is 1. The maximum atomic E-state index is 11.8. The average Bonchev–Trinajstić information content (AvgIpc) is 3.44. The molecule has 1 aliphatic rings. The molecule has 1 aromatic carbocycles. The van der Waals surface area contributed by atoms with Gasteiger partial charge < -0.3 is 10.1 Å². The molecule has 1 N–H and O–H groups in total. The zero-order chi connectivity index (χ0) is 39.9. The van der Waals surface area contributed by atoms with Gasteiger partial charge in [0.1, 0.15) is 11.5 Å². The Labute approximate surface area is 313 Å². The molecule has 0 saturated carbocycles. The van der Waals surface area contributed by atoms with Gasteiger partial charge in [0.05, 0.1) is 27.7 Å². The first-order chi connectivity index (χ1) is 25.5. The summed E-state index contributed by atoms with van der Waals surface area (Å²) in [4.78, 5) is 80.0. The minimum absolute atomic E-state index is 0.0153. The number of amides is 3. The first kappa shape index (κ1) is 41.1. The van der Waals surface area contributed by atoms with Crippen molar-refractivity contribution in [2.24, 2.45) is 15.0 Å². The summed E-state index contributed by atoms with van der Waals surface area (Å²) in [7, 11) is 4.02. The topological polar surface area (TPSA) is 164 Å². The van der Waals surface area contributed by atoms with Gasteiger partial charge >= 0.3 is 0 Å². The van der Waals surface area contributed by atoms with Gasteiger partial charge in [-0.25, -0.2) is 0 Å². The molecule has 1 aromatic rings. The molecule has 1 atom stereocenters. The number of benzene rings is 1. The van der Waals surface area contributed by atoms with E-state index in [1.807, 2.05) is 44.4 Å². The summed E-state index contributed by atoms with van der Waals surface area (Å²) in [5.41, 5.74) is 1.86. The second-order valence-corrected chi connectivity index (χ2v) is 14.1. The monoisotopic (exact) mass is 754 g/mol. The minimum atomic E-state index is -0.216. The van der Waals surface area contributed by atoms with Gasteiger partial charge in [-0.05, 0) is 75.7 Å². The molecule has 3 amide bonds. The van der Waals surface area contributed by atoms with E-state index in [1.165, 1.54) is 27.5 Å². The van der Waals surface area contributed by atoms with Crippen molar-refractivity contribution in [3.05, 3.63) is 29.8 Å². The Morgan fingerprint density at radius 2 is 1.66 bits per heavy atom. The highest BCUT2D eigenvalue weighted by molar-refractivity contribution is 8.82. The van der Waals surface area contributed by atoms with Crippen molar-refractivity contribution in [2.45, 2.75) is 76.9 Å². The number of ether oxygens (including phenoxy) is 1. The zero-order valence-electron chi connectivity index (χ0n) is 32.5. The van der Waals surface area contributed by atoms with Gasteiger partial charge in [0.2, 0.25) is 11.8 Å². The molecule has 1 unspecified atom stereocenters. The Morgan fingerprint density at radius 1 is 1.00 bits per heavy atom. The molecule has 1 saturated heterocycles. The van der Waals surface area contributed by atoms with Crippen LogP contribution >= 0.6 is 33.3 Å². The number of ketones is 3. The standard InChI is InChI=1S/C15H21NO2.C13H20N2O3S.C7H12N2O2S2/c1-4-14(17)6-5-11-18-15-9-7-13(8-10-15)12(2)16-3;1-14-9-10(16)6-4-3-5-7-15-12(17)8-11(19-2)13(15)18;1-8-5-6(10)3-4-12-13-7(11)9-2/h7-10H,4-6,11H2,1-3H3;11H,1,3-9H2,2H3;1,3-5H2,2H3,(H,9,11)/i3D;2*1D. The zero-order valence-corrected chi connectivity index (χ0v) is 32.0. The van der Waals surface area contributed by atoms with Crippen molar-refractivity contribution < 1.29 is 37.6 Å². The van der Waals surface area contributed by atoms with Gasteiger partial charge in [-0.2, -0.15) is 11.8 Å². The van der Waals surface area contributed by atoms with Gasteiger partial charge in [0.15, 0.2) is 11.6 Å². The Hall–Kier alpha value is -3.30. The smallest absolute Gasteiger partial charge is 0.289 e. The SMILES string of the molecule is [2H]C=NCC(=O)CCCCCN1C(=O)CC(SC)C1=O.[2H]C=NCC(=O)CCSSC(=O)NC.[2H]CN=C(C)c1ccc(OCCCC(=O)CC)cc1. The maximum absolute atomic E-state index is 11.8. The van der Waals surface area contributed by atoms with Crippen LogP contribution in [0.4, 0.5) is 4.79 Å². The molecule has 1 heterocycles. The highest BCUT2D eigenvalue weighted by Gasteiger charge is 2.37. The van der Waals surface area contributed by atoms with Crippen molar-refractivity contribution >= 4 is 86.9 Å². The summed E-state index contributed by atoms with van der Waals surface area (Å²) in [6, 6.07) is 7.64. The molecule has 12 nitrogen and oxygen atoms in total. The second kappa shape index (κ2) is 29.4. The first-order valence-corrected chi connectivity index (χ1v) is 19.8. The lowest BCUT2D eigenvalue weighted by molar-refractivity contribution is -0.138. The lowest BCUT2D eigenvalue weighted by atomic mass is 10.1. The van der Waals surface area contributed by atoms with Gasteiger partial charge in [-0.1, -0.05) is 24.1 Å². The van der Waals surface area contributed by atoms with Gasteiger partial charge in [-0.3, -0.25) is 48.6 Å². The van der Waals surface area contributed by atoms with Gasteiger partial charge in [0.25, 0.3) is 5.24 Å². The molecule has 15 heteroatoms. The van der Waals surface area contributed by atoms with Crippen molar-refractivity contribution in [3.8, 4) is 5.75 Å². The largest absolute Gasteiger partial charge is 0.494 e. The number of unbranched alkanes of at least 4 members (excludes halogenated alkanes) is 2. The molecular formula is C35H53N5O7S3. The van der Waals surface area contributed by atoms with Crippen molar-refractivity contribution in [2.75, 3.05) is 52.3 Å². The predicted molar refractivity (Wildman–Crippen MR) is 210 cm³/mol. The van der Waals surface area contributed by atoms with Crippen LogP contribution in [0.15, 0.2) is 39.2 Å². The summed E-state index contributed by atoms with van der Waals surface area (Å²) in [5, 5.41) is 2.12. The van der Waals surface area contributed by atoms with Crippen LogP contribution in [-0.2, 0) is 24.0 Å². The number of imide groups is 1. The molecule has 1 fully saturated rings. The van der Waals surface area contributed by atoms with E-state index in [-0.39, 0.29) is 59.8 Å². The van der Waals surface area contributed by atoms with Crippen LogP contribution in [0.1, 0.15) is 81.3 Å². The number of nitrogens with one attached hydrogen (secondary N) is 1. The third kappa shape index (κ3) is 21.7. The Balaban J connectivity index is 0.000000779. The molecule has 0 radical (unpaired) electrons. The number of rotatable bonds is 22. The van der Waals surface area contributed by atoms with Crippen molar-refractivity contribution in [1.82, 2.24) is 10.2 Å². The van der Waals surface area contributed by atoms with E-state index in [9.17, 15) is 28.8 Å². The minimum Gasteiger partial charge on any atom is -0.494 e. The fourth-order valence-corrected chi connectivity index (χ4v) is 6.31. The second-order valence-electron chi connectivity index (χ2n) is 10.7. The number of carbonyl (C=O) groups excluding carboxylic acids is 6. The van der Waals surface area contributed by atoms with E-state index >= 15 is 0 Å². The molecule has 0 aliphatic carbocycles. The fourth-order valence-electron chi connectivity index (χ4n) is 4.01. The van der Waals surface area contributed by atoms with Crippen LogP contribution in [0, 0.1) is 0 Å². The predicted octanol–water partition coefficient (Wildman–Crippen LogP) is 5.94.